The molecule has 0 aliphatic carbocycles. The second-order valence-electron chi connectivity index (χ2n) is 5.56. The van der Waals surface area contributed by atoms with Gasteiger partial charge < -0.3 is 4.90 Å². The van der Waals surface area contributed by atoms with Gasteiger partial charge in [0, 0.05) is 38.1 Å². The first kappa shape index (κ1) is 15.2. The molecule has 0 atom stereocenters. The molecular weight excluding hydrogens is 299 g/mol. The van der Waals surface area contributed by atoms with Crippen LogP contribution in [0.2, 0.25) is 0 Å². The Morgan fingerprint density at radius 3 is 2.64 bits per heavy atom. The van der Waals surface area contributed by atoms with Gasteiger partial charge in [0.1, 0.15) is 5.82 Å². The Labute approximate surface area is 134 Å². The zero-order valence-electron chi connectivity index (χ0n) is 12.4. The van der Waals surface area contributed by atoms with Crippen LogP contribution in [0, 0.1) is 5.82 Å². The number of nitrogens with zero attached hydrogens (tertiary/aromatic N) is 2. The van der Waals surface area contributed by atoms with Crippen molar-refractivity contribution < 1.29 is 9.18 Å². The van der Waals surface area contributed by atoms with Gasteiger partial charge in [-0.05, 0) is 35.6 Å². The Morgan fingerprint density at radius 1 is 1.09 bits per heavy atom. The van der Waals surface area contributed by atoms with Gasteiger partial charge in [0.05, 0.1) is 5.56 Å². The topological polar surface area (TPSA) is 23.6 Å². The number of rotatable bonds is 3. The van der Waals surface area contributed by atoms with Gasteiger partial charge in [0.15, 0.2) is 0 Å². The van der Waals surface area contributed by atoms with E-state index in [2.05, 4.69) is 4.90 Å². The highest BCUT2D eigenvalue weighted by Crippen LogP contribution is 2.14. The van der Waals surface area contributed by atoms with Crippen molar-refractivity contribution in [3.8, 4) is 0 Å². The van der Waals surface area contributed by atoms with Crippen molar-refractivity contribution in [2.45, 2.75) is 13.0 Å². The first-order valence-corrected chi connectivity index (χ1v) is 8.45. The van der Waals surface area contributed by atoms with Gasteiger partial charge in [-0.15, -0.1) is 0 Å². The van der Waals surface area contributed by atoms with Gasteiger partial charge in [-0.2, -0.15) is 11.3 Å². The molecule has 0 N–H and O–H groups in total. The fraction of sp³-hybridized carbons (Fsp3) is 0.353. The van der Waals surface area contributed by atoms with E-state index in [1.807, 2.05) is 33.9 Å². The van der Waals surface area contributed by atoms with Crippen LogP contribution in [0.15, 0.2) is 41.1 Å². The van der Waals surface area contributed by atoms with Crippen molar-refractivity contribution in [3.05, 3.63) is 58.0 Å². The summed E-state index contributed by atoms with van der Waals surface area (Å²) in [6, 6.07) is 8.54. The number of carbonyl (C=O) groups excluding carboxylic acids is 1. The maximum Gasteiger partial charge on any atom is 0.254 e. The number of hydrogen-bond donors (Lipinski definition) is 0. The lowest BCUT2D eigenvalue weighted by Crippen LogP contribution is -2.34. The fourth-order valence-electron chi connectivity index (χ4n) is 2.75. The summed E-state index contributed by atoms with van der Waals surface area (Å²) >= 11 is 1.55. The molecule has 1 saturated heterocycles. The molecule has 1 fully saturated rings. The van der Waals surface area contributed by atoms with E-state index in [9.17, 15) is 9.18 Å². The molecule has 22 heavy (non-hydrogen) atoms. The summed E-state index contributed by atoms with van der Waals surface area (Å²) in [5, 5.41) is 3.84. The van der Waals surface area contributed by atoms with E-state index in [0.29, 0.717) is 0 Å². The van der Waals surface area contributed by atoms with Crippen LogP contribution in [0.5, 0.6) is 0 Å². The third-order valence-corrected chi connectivity index (χ3v) is 4.65. The molecule has 1 aliphatic heterocycles. The SMILES string of the molecule is O=C(c1ccsc1)N1CCCN(Cc2ccc(F)cc2)CC1. The molecule has 0 unspecified atom stereocenters. The molecule has 1 amide bonds. The van der Waals surface area contributed by atoms with Crippen molar-refractivity contribution in [1.29, 1.82) is 0 Å². The summed E-state index contributed by atoms with van der Waals surface area (Å²) in [5.74, 6) is -0.0722. The zero-order chi connectivity index (χ0) is 15.4. The summed E-state index contributed by atoms with van der Waals surface area (Å²) in [6.07, 6.45) is 0.969. The molecule has 0 spiro atoms. The van der Waals surface area contributed by atoms with Gasteiger partial charge in [0.25, 0.3) is 5.91 Å². The highest BCUT2D eigenvalue weighted by molar-refractivity contribution is 7.08. The summed E-state index contributed by atoms with van der Waals surface area (Å²) in [5.41, 5.74) is 1.90. The van der Waals surface area contributed by atoms with E-state index in [4.69, 9.17) is 0 Å². The lowest BCUT2D eigenvalue weighted by molar-refractivity contribution is 0.0761. The molecule has 3 nitrogen and oxygen atoms in total. The van der Waals surface area contributed by atoms with Crippen molar-refractivity contribution in [2.75, 3.05) is 26.2 Å². The minimum Gasteiger partial charge on any atom is -0.337 e. The Balaban J connectivity index is 1.58. The van der Waals surface area contributed by atoms with Crippen LogP contribution >= 0.6 is 11.3 Å². The molecule has 1 aromatic heterocycles. The Hall–Kier alpha value is -1.72. The van der Waals surface area contributed by atoms with E-state index in [0.717, 1.165) is 50.3 Å². The minimum absolute atomic E-state index is 0.130. The average molecular weight is 318 g/mol. The highest BCUT2D eigenvalue weighted by Gasteiger charge is 2.20. The van der Waals surface area contributed by atoms with Gasteiger partial charge >= 0.3 is 0 Å². The van der Waals surface area contributed by atoms with Crippen LogP contribution in [0.4, 0.5) is 4.39 Å². The summed E-state index contributed by atoms with van der Waals surface area (Å²) in [4.78, 5) is 16.7. The Bertz CT molecular complexity index is 612. The Kier molecular flexibility index (Phi) is 4.85. The zero-order valence-corrected chi connectivity index (χ0v) is 13.2. The predicted octanol–water partition coefficient (Wildman–Crippen LogP) is 3.24. The maximum atomic E-state index is 12.9. The van der Waals surface area contributed by atoms with Crippen LogP contribution in [0.3, 0.4) is 0 Å². The van der Waals surface area contributed by atoms with Crippen LogP contribution in [0.25, 0.3) is 0 Å². The molecule has 2 aromatic rings. The molecule has 5 heteroatoms. The number of halogens is 1. The van der Waals surface area contributed by atoms with Crippen molar-refractivity contribution in [3.63, 3.8) is 0 Å². The maximum absolute atomic E-state index is 12.9. The second-order valence-corrected chi connectivity index (χ2v) is 6.34. The quantitative estimate of drug-likeness (QED) is 0.867. The normalized spacial score (nSPS) is 16.5. The summed E-state index contributed by atoms with van der Waals surface area (Å²) < 4.78 is 12.9. The van der Waals surface area contributed by atoms with Crippen molar-refractivity contribution in [2.24, 2.45) is 0 Å². The molecule has 116 valence electrons. The average Bonchev–Trinajstić information content (AvgIpc) is 2.96. The fourth-order valence-corrected chi connectivity index (χ4v) is 3.38. The third kappa shape index (κ3) is 3.72. The lowest BCUT2D eigenvalue weighted by atomic mass is 10.2. The van der Waals surface area contributed by atoms with Crippen molar-refractivity contribution in [1.82, 2.24) is 9.80 Å². The van der Waals surface area contributed by atoms with E-state index >= 15 is 0 Å². The van der Waals surface area contributed by atoms with Gasteiger partial charge in [0.2, 0.25) is 0 Å². The molecule has 1 aliphatic rings. The van der Waals surface area contributed by atoms with Gasteiger partial charge in [-0.3, -0.25) is 9.69 Å². The molecular formula is C17H19FN2OS. The number of amides is 1. The van der Waals surface area contributed by atoms with Crippen LogP contribution in [0.1, 0.15) is 22.3 Å². The monoisotopic (exact) mass is 318 g/mol. The first-order valence-electron chi connectivity index (χ1n) is 7.50. The van der Waals surface area contributed by atoms with Crippen molar-refractivity contribution >= 4 is 17.2 Å². The minimum atomic E-state index is -0.202. The number of hydrogen-bond acceptors (Lipinski definition) is 3. The lowest BCUT2D eigenvalue weighted by Gasteiger charge is -2.21. The number of carbonyl (C=O) groups is 1. The smallest absolute Gasteiger partial charge is 0.254 e. The van der Waals surface area contributed by atoms with E-state index in [-0.39, 0.29) is 11.7 Å². The van der Waals surface area contributed by atoms with E-state index < -0.39 is 0 Å². The number of thiophene rings is 1. The molecule has 2 heterocycles. The van der Waals surface area contributed by atoms with Gasteiger partial charge in [-0.25, -0.2) is 4.39 Å². The van der Waals surface area contributed by atoms with Gasteiger partial charge in [-0.1, -0.05) is 12.1 Å². The Morgan fingerprint density at radius 2 is 1.91 bits per heavy atom. The largest absolute Gasteiger partial charge is 0.337 e. The summed E-state index contributed by atoms with van der Waals surface area (Å²) in [6.45, 7) is 4.17. The second kappa shape index (κ2) is 7.03. The standard InChI is InChI=1S/C17H19FN2OS/c18-16-4-2-14(3-5-16)12-19-7-1-8-20(10-9-19)17(21)15-6-11-22-13-15/h2-6,11,13H,1,7-10,12H2. The highest BCUT2D eigenvalue weighted by atomic mass is 32.1. The molecule has 1 aromatic carbocycles. The van der Waals surface area contributed by atoms with E-state index in [1.165, 1.54) is 12.1 Å². The summed E-state index contributed by atoms with van der Waals surface area (Å²) in [7, 11) is 0. The molecule has 3 rings (SSSR count). The van der Waals surface area contributed by atoms with Crippen LogP contribution < -0.4 is 0 Å². The first-order chi connectivity index (χ1) is 10.7. The van der Waals surface area contributed by atoms with Crippen LogP contribution in [-0.4, -0.2) is 41.9 Å². The third-order valence-electron chi connectivity index (χ3n) is 3.96. The molecule has 0 bridgehead atoms. The number of benzene rings is 1. The molecule has 0 radical (unpaired) electrons. The van der Waals surface area contributed by atoms with E-state index in [1.54, 1.807) is 11.3 Å². The van der Waals surface area contributed by atoms with Crippen LogP contribution in [-0.2, 0) is 6.54 Å². The molecule has 0 saturated carbocycles. The predicted molar refractivity (Wildman–Crippen MR) is 86.5 cm³/mol.